The van der Waals surface area contributed by atoms with Crippen LogP contribution in [0.4, 0.5) is 0 Å². The van der Waals surface area contributed by atoms with E-state index in [-0.39, 0.29) is 12.9 Å². The third kappa shape index (κ3) is 2.93. The van der Waals surface area contributed by atoms with E-state index in [4.69, 9.17) is 18.7 Å². The van der Waals surface area contributed by atoms with Gasteiger partial charge in [-0.15, -0.1) is 0 Å². The zero-order valence-corrected chi connectivity index (χ0v) is 16.2. The Morgan fingerprint density at radius 2 is 1.87 bits per heavy atom. The highest BCUT2D eigenvalue weighted by Crippen LogP contribution is 2.37. The maximum absolute atomic E-state index is 6.06. The van der Waals surface area contributed by atoms with Gasteiger partial charge in [-0.25, -0.2) is 0 Å². The van der Waals surface area contributed by atoms with Crippen LogP contribution >= 0.6 is 0 Å². The summed E-state index contributed by atoms with van der Waals surface area (Å²) in [5.74, 6) is 2.45. The SMILES string of the molecule is Cc1ccc(-c2noc(-c3cc4n(n3)CC(c3ccc5c(c3)OCO5)OC4)n2)cc1. The fraction of sp³-hybridized carbons (Fsp3) is 0.227. The van der Waals surface area contributed by atoms with Crippen molar-refractivity contribution in [2.24, 2.45) is 0 Å². The first-order valence-electron chi connectivity index (χ1n) is 9.72. The van der Waals surface area contributed by atoms with Crippen molar-refractivity contribution in [3.63, 3.8) is 0 Å². The van der Waals surface area contributed by atoms with E-state index in [1.807, 2.05) is 60.1 Å². The van der Waals surface area contributed by atoms with Crippen molar-refractivity contribution in [2.75, 3.05) is 6.79 Å². The predicted molar refractivity (Wildman–Crippen MR) is 106 cm³/mol. The third-order valence-corrected chi connectivity index (χ3v) is 5.36. The van der Waals surface area contributed by atoms with E-state index in [0.29, 0.717) is 30.6 Å². The minimum Gasteiger partial charge on any atom is -0.454 e. The molecule has 0 N–H and O–H groups in total. The molecule has 8 nitrogen and oxygen atoms in total. The van der Waals surface area contributed by atoms with E-state index in [1.54, 1.807) is 0 Å². The molecule has 1 atom stereocenters. The number of hydrogen-bond donors (Lipinski definition) is 0. The third-order valence-electron chi connectivity index (χ3n) is 5.36. The van der Waals surface area contributed by atoms with Gasteiger partial charge < -0.3 is 18.7 Å². The molecule has 150 valence electrons. The molecule has 0 radical (unpaired) electrons. The zero-order valence-electron chi connectivity index (χ0n) is 16.2. The van der Waals surface area contributed by atoms with Crippen LogP contribution in [-0.2, 0) is 17.9 Å². The summed E-state index contributed by atoms with van der Waals surface area (Å²) >= 11 is 0. The van der Waals surface area contributed by atoms with Crippen LogP contribution in [0.15, 0.2) is 53.1 Å². The average Bonchev–Trinajstić information content (AvgIpc) is 3.51. The summed E-state index contributed by atoms with van der Waals surface area (Å²) in [7, 11) is 0. The summed E-state index contributed by atoms with van der Waals surface area (Å²) in [5.41, 5.74) is 4.73. The largest absolute Gasteiger partial charge is 0.454 e. The second kappa shape index (κ2) is 6.70. The number of aromatic nitrogens is 4. The van der Waals surface area contributed by atoms with Crippen LogP contribution in [0.2, 0.25) is 0 Å². The molecule has 0 saturated carbocycles. The van der Waals surface area contributed by atoms with Gasteiger partial charge in [0.15, 0.2) is 17.2 Å². The summed E-state index contributed by atoms with van der Waals surface area (Å²) < 4.78 is 24.3. The lowest BCUT2D eigenvalue weighted by Crippen LogP contribution is -2.21. The van der Waals surface area contributed by atoms with Gasteiger partial charge in [-0.1, -0.05) is 41.1 Å². The number of rotatable bonds is 3. The molecule has 6 rings (SSSR count). The van der Waals surface area contributed by atoms with Gasteiger partial charge in [-0.3, -0.25) is 4.68 Å². The summed E-state index contributed by atoms with van der Waals surface area (Å²) in [6.07, 6.45) is -0.120. The van der Waals surface area contributed by atoms with Gasteiger partial charge in [0.05, 0.1) is 18.8 Å². The average molecular weight is 402 g/mol. The van der Waals surface area contributed by atoms with Crippen LogP contribution in [0, 0.1) is 6.92 Å². The molecular formula is C22H18N4O4. The van der Waals surface area contributed by atoms with Crippen molar-refractivity contribution >= 4 is 0 Å². The molecule has 0 spiro atoms. The molecule has 0 saturated heterocycles. The molecule has 0 amide bonds. The Morgan fingerprint density at radius 1 is 1.00 bits per heavy atom. The number of aryl methyl sites for hydroxylation is 1. The molecule has 1 unspecified atom stereocenters. The topological polar surface area (TPSA) is 84.4 Å². The van der Waals surface area contributed by atoms with Gasteiger partial charge in [-0.2, -0.15) is 10.1 Å². The molecule has 2 aliphatic rings. The molecular weight excluding hydrogens is 384 g/mol. The molecule has 2 aromatic carbocycles. The van der Waals surface area contributed by atoms with Crippen molar-refractivity contribution < 1.29 is 18.7 Å². The number of benzene rings is 2. The van der Waals surface area contributed by atoms with E-state index < -0.39 is 0 Å². The molecule has 2 aliphatic heterocycles. The molecule has 0 bridgehead atoms. The fourth-order valence-corrected chi connectivity index (χ4v) is 3.69. The van der Waals surface area contributed by atoms with Crippen LogP contribution in [0.1, 0.15) is 22.9 Å². The van der Waals surface area contributed by atoms with E-state index in [2.05, 4.69) is 15.2 Å². The smallest absolute Gasteiger partial charge is 0.278 e. The maximum Gasteiger partial charge on any atom is 0.278 e. The zero-order chi connectivity index (χ0) is 20.1. The first kappa shape index (κ1) is 17.2. The summed E-state index contributed by atoms with van der Waals surface area (Å²) in [6, 6.07) is 15.8. The van der Waals surface area contributed by atoms with Crippen LogP contribution < -0.4 is 9.47 Å². The van der Waals surface area contributed by atoms with Crippen molar-refractivity contribution in [3.8, 4) is 34.5 Å². The van der Waals surface area contributed by atoms with Gasteiger partial charge in [-0.05, 0) is 30.7 Å². The molecule has 2 aromatic heterocycles. The van der Waals surface area contributed by atoms with E-state index >= 15 is 0 Å². The first-order valence-corrected chi connectivity index (χ1v) is 9.72. The second-order valence-corrected chi connectivity index (χ2v) is 7.40. The Balaban J connectivity index is 1.25. The van der Waals surface area contributed by atoms with Crippen molar-refractivity contribution in [3.05, 3.63) is 65.4 Å². The lowest BCUT2D eigenvalue weighted by Gasteiger charge is -2.24. The normalized spacial score (nSPS) is 17.2. The molecule has 0 aliphatic carbocycles. The first-order chi connectivity index (χ1) is 14.7. The highest BCUT2D eigenvalue weighted by Gasteiger charge is 2.26. The van der Waals surface area contributed by atoms with Crippen LogP contribution in [-0.4, -0.2) is 26.7 Å². The Labute approximate surface area is 172 Å². The van der Waals surface area contributed by atoms with E-state index in [1.165, 1.54) is 5.56 Å². The van der Waals surface area contributed by atoms with Crippen molar-refractivity contribution in [1.29, 1.82) is 0 Å². The number of nitrogens with zero attached hydrogens (tertiary/aromatic N) is 4. The van der Waals surface area contributed by atoms with Crippen molar-refractivity contribution in [2.45, 2.75) is 26.2 Å². The lowest BCUT2D eigenvalue weighted by atomic mass is 10.1. The molecule has 4 heterocycles. The molecule has 8 heteroatoms. The van der Waals surface area contributed by atoms with Gasteiger partial charge in [0, 0.05) is 5.56 Å². The summed E-state index contributed by atoms with van der Waals surface area (Å²) in [6.45, 7) is 3.34. The van der Waals surface area contributed by atoms with Crippen LogP contribution in [0.5, 0.6) is 11.5 Å². The maximum atomic E-state index is 6.06. The Hall–Kier alpha value is -3.65. The number of ether oxygens (including phenoxy) is 3. The van der Waals surface area contributed by atoms with Gasteiger partial charge >= 0.3 is 0 Å². The molecule has 30 heavy (non-hydrogen) atoms. The minimum absolute atomic E-state index is 0.120. The molecule has 0 fully saturated rings. The Kier molecular flexibility index (Phi) is 3.85. The monoisotopic (exact) mass is 402 g/mol. The van der Waals surface area contributed by atoms with Crippen LogP contribution in [0.3, 0.4) is 0 Å². The Bertz CT molecular complexity index is 1230. The highest BCUT2D eigenvalue weighted by atomic mass is 16.7. The van der Waals surface area contributed by atoms with Crippen LogP contribution in [0.25, 0.3) is 23.0 Å². The minimum atomic E-state index is -0.120. The standard InChI is InChI=1S/C22H18N4O4/c1-13-2-4-14(5-3-13)21-23-22(30-25-21)17-9-16-11-27-20(10-26(16)24-17)15-6-7-18-19(8-15)29-12-28-18/h2-9,20H,10-12H2,1H3. The Morgan fingerprint density at radius 3 is 2.77 bits per heavy atom. The number of fused-ring (bicyclic) bond motifs is 2. The highest BCUT2D eigenvalue weighted by molar-refractivity contribution is 5.58. The van der Waals surface area contributed by atoms with Gasteiger partial charge in [0.1, 0.15) is 6.10 Å². The lowest BCUT2D eigenvalue weighted by molar-refractivity contribution is -0.00122. The number of hydrogen-bond acceptors (Lipinski definition) is 7. The van der Waals surface area contributed by atoms with E-state index in [0.717, 1.165) is 28.3 Å². The van der Waals surface area contributed by atoms with Crippen molar-refractivity contribution in [1.82, 2.24) is 19.9 Å². The second-order valence-electron chi connectivity index (χ2n) is 7.40. The predicted octanol–water partition coefficient (Wildman–Crippen LogP) is 3.91. The van der Waals surface area contributed by atoms with Gasteiger partial charge in [0.25, 0.3) is 5.89 Å². The summed E-state index contributed by atoms with van der Waals surface area (Å²) in [4.78, 5) is 4.52. The summed E-state index contributed by atoms with van der Waals surface area (Å²) in [5, 5.41) is 8.78. The fourth-order valence-electron chi connectivity index (χ4n) is 3.69. The van der Waals surface area contributed by atoms with Gasteiger partial charge in [0.2, 0.25) is 12.6 Å². The van der Waals surface area contributed by atoms with E-state index in [9.17, 15) is 0 Å². The quantitative estimate of drug-likeness (QED) is 0.514. The molecule has 4 aromatic rings.